The summed E-state index contributed by atoms with van der Waals surface area (Å²) in [6.07, 6.45) is 2.26. The highest BCUT2D eigenvalue weighted by Crippen LogP contribution is 2.43. The van der Waals surface area contributed by atoms with E-state index in [1.54, 1.807) is 0 Å². The number of carbonyl (C=O) groups excluding carboxylic acids is 1. The Hall–Kier alpha value is -1.81. The maximum atomic E-state index is 12.7. The van der Waals surface area contributed by atoms with Crippen LogP contribution in [0.2, 0.25) is 0 Å². The number of H-pyrrole nitrogens is 1. The quantitative estimate of drug-likeness (QED) is 0.815. The Kier molecular flexibility index (Phi) is 2.23. The molecule has 2 N–H and O–H groups in total. The summed E-state index contributed by atoms with van der Waals surface area (Å²) in [5.41, 5.74) is 1.85. The van der Waals surface area contributed by atoms with Crippen LogP contribution in [0.25, 0.3) is 10.9 Å². The molecule has 2 aromatic rings. The van der Waals surface area contributed by atoms with Crippen LogP contribution >= 0.6 is 0 Å². The minimum Gasteiger partial charge on any atom is -0.351 e. The fourth-order valence-corrected chi connectivity index (χ4v) is 3.09. The molecule has 98 valence electrons. The fraction of sp³-hybridized carbons (Fsp3) is 0.400. The van der Waals surface area contributed by atoms with Crippen molar-refractivity contribution in [2.75, 3.05) is 19.6 Å². The average Bonchev–Trinajstić information content (AvgIpc) is 3.06. The number of nitrogens with one attached hydrogen (secondary N) is 2. The van der Waals surface area contributed by atoms with Crippen molar-refractivity contribution in [3.05, 3.63) is 36.0 Å². The average molecular weight is 255 g/mol. The highest BCUT2D eigenvalue weighted by molar-refractivity contribution is 5.98. The van der Waals surface area contributed by atoms with Crippen LogP contribution in [0.15, 0.2) is 30.3 Å². The largest absolute Gasteiger partial charge is 0.351 e. The molecule has 4 heteroatoms. The third kappa shape index (κ3) is 1.67. The van der Waals surface area contributed by atoms with Gasteiger partial charge in [-0.15, -0.1) is 0 Å². The van der Waals surface area contributed by atoms with E-state index in [9.17, 15) is 4.79 Å². The second-order valence-corrected chi connectivity index (χ2v) is 5.63. The number of nitrogens with zero attached hydrogens (tertiary/aromatic N) is 1. The van der Waals surface area contributed by atoms with Crippen LogP contribution in [0.5, 0.6) is 0 Å². The first-order valence-electron chi connectivity index (χ1n) is 6.89. The molecule has 1 aromatic carbocycles. The van der Waals surface area contributed by atoms with Gasteiger partial charge in [0.25, 0.3) is 5.91 Å². The van der Waals surface area contributed by atoms with Crippen molar-refractivity contribution in [1.82, 2.24) is 15.2 Å². The van der Waals surface area contributed by atoms with Gasteiger partial charge in [0.1, 0.15) is 5.69 Å². The number of para-hydroxylation sites is 1. The molecule has 1 aliphatic carbocycles. The van der Waals surface area contributed by atoms with Crippen LogP contribution in [-0.2, 0) is 0 Å². The Labute approximate surface area is 111 Å². The van der Waals surface area contributed by atoms with E-state index in [0.29, 0.717) is 0 Å². The smallest absolute Gasteiger partial charge is 0.270 e. The van der Waals surface area contributed by atoms with Crippen LogP contribution in [-0.4, -0.2) is 41.0 Å². The molecule has 2 aliphatic rings. The molecule has 1 aromatic heterocycles. The van der Waals surface area contributed by atoms with Crippen LogP contribution in [0.4, 0.5) is 0 Å². The van der Waals surface area contributed by atoms with Crippen molar-refractivity contribution in [1.29, 1.82) is 0 Å². The summed E-state index contributed by atoms with van der Waals surface area (Å²) in [5.74, 6) is 0.148. The molecule has 0 atom stereocenters. The molecule has 1 aliphatic heterocycles. The van der Waals surface area contributed by atoms with Crippen LogP contribution in [0, 0.1) is 0 Å². The van der Waals surface area contributed by atoms with Gasteiger partial charge in [0.05, 0.1) is 5.54 Å². The summed E-state index contributed by atoms with van der Waals surface area (Å²) >= 11 is 0. The van der Waals surface area contributed by atoms with E-state index in [1.807, 2.05) is 30.3 Å². The number of fused-ring (bicyclic) bond motifs is 1. The van der Waals surface area contributed by atoms with Crippen molar-refractivity contribution < 1.29 is 4.79 Å². The van der Waals surface area contributed by atoms with Gasteiger partial charge in [-0.25, -0.2) is 0 Å². The number of rotatable bonds is 1. The van der Waals surface area contributed by atoms with Gasteiger partial charge in [-0.05, 0) is 25.0 Å². The third-order valence-corrected chi connectivity index (χ3v) is 4.37. The van der Waals surface area contributed by atoms with Crippen LogP contribution < -0.4 is 5.32 Å². The van der Waals surface area contributed by atoms with Crippen molar-refractivity contribution in [2.45, 2.75) is 18.4 Å². The SMILES string of the molecule is O=C(c1cc2ccccc2[nH]1)N1CCNCC12CC2. The second-order valence-electron chi connectivity index (χ2n) is 5.63. The maximum absolute atomic E-state index is 12.7. The van der Waals surface area contributed by atoms with Crippen molar-refractivity contribution in [3.63, 3.8) is 0 Å². The Morgan fingerprint density at radius 1 is 1.26 bits per heavy atom. The van der Waals surface area contributed by atoms with Gasteiger partial charge in [0.15, 0.2) is 0 Å². The predicted molar refractivity (Wildman–Crippen MR) is 74.2 cm³/mol. The Bertz CT molecular complexity index is 609. The maximum Gasteiger partial charge on any atom is 0.270 e. The van der Waals surface area contributed by atoms with E-state index < -0.39 is 0 Å². The molecule has 1 amide bonds. The molecule has 1 saturated carbocycles. The van der Waals surface area contributed by atoms with Gasteiger partial charge >= 0.3 is 0 Å². The molecular formula is C15H17N3O. The minimum absolute atomic E-state index is 0.104. The lowest BCUT2D eigenvalue weighted by molar-refractivity contribution is 0.0595. The van der Waals surface area contributed by atoms with Gasteiger partial charge in [-0.3, -0.25) is 4.79 Å². The topological polar surface area (TPSA) is 48.1 Å². The lowest BCUT2D eigenvalue weighted by Gasteiger charge is -2.36. The van der Waals surface area contributed by atoms with E-state index in [0.717, 1.165) is 49.1 Å². The lowest BCUT2D eigenvalue weighted by Crippen LogP contribution is -2.55. The molecular weight excluding hydrogens is 238 g/mol. The first-order chi connectivity index (χ1) is 9.28. The van der Waals surface area contributed by atoms with Crippen molar-refractivity contribution in [3.8, 4) is 0 Å². The lowest BCUT2D eigenvalue weighted by atomic mass is 10.1. The van der Waals surface area contributed by atoms with Gasteiger partial charge in [0, 0.05) is 30.5 Å². The first kappa shape index (κ1) is 11.1. The number of piperazine rings is 1. The van der Waals surface area contributed by atoms with Crippen molar-refractivity contribution in [2.24, 2.45) is 0 Å². The summed E-state index contributed by atoms with van der Waals surface area (Å²) in [4.78, 5) is 18.0. The van der Waals surface area contributed by atoms with Gasteiger partial charge in [-0.1, -0.05) is 18.2 Å². The Morgan fingerprint density at radius 2 is 2.11 bits per heavy atom. The highest BCUT2D eigenvalue weighted by Gasteiger charge is 2.51. The Morgan fingerprint density at radius 3 is 2.89 bits per heavy atom. The van der Waals surface area contributed by atoms with Gasteiger partial charge < -0.3 is 15.2 Å². The molecule has 2 heterocycles. The number of carbonyl (C=O) groups is 1. The number of aromatic nitrogens is 1. The van der Waals surface area contributed by atoms with Crippen LogP contribution in [0.1, 0.15) is 23.3 Å². The number of amides is 1. The fourth-order valence-electron chi connectivity index (χ4n) is 3.09. The van der Waals surface area contributed by atoms with Crippen LogP contribution in [0.3, 0.4) is 0 Å². The summed E-state index contributed by atoms with van der Waals surface area (Å²) < 4.78 is 0. The third-order valence-electron chi connectivity index (χ3n) is 4.37. The molecule has 4 nitrogen and oxygen atoms in total. The van der Waals surface area contributed by atoms with E-state index in [1.165, 1.54) is 0 Å². The molecule has 2 fully saturated rings. The summed E-state index contributed by atoms with van der Waals surface area (Å²) in [6, 6.07) is 10.00. The number of hydrogen-bond donors (Lipinski definition) is 2. The summed E-state index contributed by atoms with van der Waals surface area (Å²) in [7, 11) is 0. The molecule has 1 saturated heterocycles. The molecule has 0 bridgehead atoms. The van der Waals surface area contributed by atoms with E-state index in [2.05, 4.69) is 15.2 Å². The number of hydrogen-bond acceptors (Lipinski definition) is 2. The van der Waals surface area contributed by atoms with E-state index in [4.69, 9.17) is 0 Å². The molecule has 19 heavy (non-hydrogen) atoms. The van der Waals surface area contributed by atoms with Gasteiger partial charge in [-0.2, -0.15) is 0 Å². The van der Waals surface area contributed by atoms with Gasteiger partial charge in [0.2, 0.25) is 0 Å². The minimum atomic E-state index is 0.104. The van der Waals surface area contributed by atoms with E-state index >= 15 is 0 Å². The molecule has 0 unspecified atom stereocenters. The summed E-state index contributed by atoms with van der Waals surface area (Å²) in [5, 5.41) is 4.50. The number of aromatic amines is 1. The monoisotopic (exact) mass is 255 g/mol. The highest BCUT2D eigenvalue weighted by atomic mass is 16.2. The molecule has 1 spiro atoms. The molecule has 4 rings (SSSR count). The zero-order chi connectivity index (χ0) is 12.9. The standard InChI is InChI=1S/C15H17N3O/c19-14(18-8-7-16-10-15(18)5-6-15)13-9-11-3-1-2-4-12(11)17-13/h1-4,9,16-17H,5-8,10H2. The zero-order valence-corrected chi connectivity index (χ0v) is 10.8. The first-order valence-corrected chi connectivity index (χ1v) is 6.89. The van der Waals surface area contributed by atoms with E-state index in [-0.39, 0.29) is 11.4 Å². The molecule has 0 radical (unpaired) electrons. The Balaban J connectivity index is 1.69. The number of benzene rings is 1. The second kappa shape index (κ2) is 3.84. The summed E-state index contributed by atoms with van der Waals surface area (Å²) in [6.45, 7) is 2.65. The van der Waals surface area contributed by atoms with Crippen molar-refractivity contribution >= 4 is 16.8 Å². The zero-order valence-electron chi connectivity index (χ0n) is 10.8. The normalized spacial score (nSPS) is 20.9. The predicted octanol–water partition coefficient (Wildman–Crippen LogP) is 1.75.